The zero-order valence-electron chi connectivity index (χ0n) is 10.8. The van der Waals surface area contributed by atoms with E-state index in [4.69, 9.17) is 10.5 Å². The Bertz CT molecular complexity index is 540. The topological polar surface area (TPSA) is 72.6 Å². The molecular weight excluding hydrogens is 284 g/mol. The van der Waals surface area contributed by atoms with Crippen molar-refractivity contribution in [1.82, 2.24) is 4.31 Å². The lowest BCUT2D eigenvalue weighted by molar-refractivity contribution is 0.395. The van der Waals surface area contributed by atoms with E-state index in [1.807, 2.05) is 0 Å². The molecule has 1 aliphatic heterocycles. The number of hydrogen-bond acceptors (Lipinski definition) is 5. The van der Waals surface area contributed by atoms with Crippen LogP contribution in [0.2, 0.25) is 0 Å². The van der Waals surface area contributed by atoms with Gasteiger partial charge in [0.15, 0.2) is 0 Å². The fraction of sp³-hybridized carbons (Fsp3) is 0.500. The standard InChI is InChI=1S/C12H18N2O3S2/c1-17-11-8-10(9-13)2-3-12(11)19(15,16)14-4-6-18-7-5-14/h2-3,8H,4-7,9,13H2,1H3. The Morgan fingerprint density at radius 3 is 2.63 bits per heavy atom. The van der Waals surface area contributed by atoms with Gasteiger partial charge in [0, 0.05) is 31.1 Å². The van der Waals surface area contributed by atoms with Crippen LogP contribution in [0.3, 0.4) is 0 Å². The molecule has 0 amide bonds. The first-order valence-corrected chi connectivity index (χ1v) is 8.64. The first-order valence-electron chi connectivity index (χ1n) is 6.04. The van der Waals surface area contributed by atoms with Crippen molar-refractivity contribution < 1.29 is 13.2 Å². The van der Waals surface area contributed by atoms with Crippen LogP contribution in [0.5, 0.6) is 5.75 Å². The number of nitrogens with two attached hydrogens (primary N) is 1. The van der Waals surface area contributed by atoms with Crippen molar-refractivity contribution in [1.29, 1.82) is 0 Å². The van der Waals surface area contributed by atoms with Gasteiger partial charge in [-0.05, 0) is 17.7 Å². The quantitative estimate of drug-likeness (QED) is 0.894. The lowest BCUT2D eigenvalue weighted by Crippen LogP contribution is -2.38. The largest absolute Gasteiger partial charge is 0.495 e. The molecule has 1 aliphatic rings. The third-order valence-corrected chi connectivity index (χ3v) is 5.93. The van der Waals surface area contributed by atoms with E-state index in [1.54, 1.807) is 30.0 Å². The molecule has 7 heteroatoms. The summed E-state index contributed by atoms with van der Waals surface area (Å²) in [4.78, 5) is 0.221. The number of nitrogens with zero attached hydrogens (tertiary/aromatic N) is 1. The minimum absolute atomic E-state index is 0.221. The second kappa shape index (κ2) is 6.13. The molecule has 0 radical (unpaired) electrons. The molecule has 106 valence electrons. The van der Waals surface area contributed by atoms with Crippen molar-refractivity contribution >= 4 is 21.8 Å². The van der Waals surface area contributed by atoms with Crippen LogP contribution in [0.4, 0.5) is 0 Å². The minimum atomic E-state index is -3.48. The SMILES string of the molecule is COc1cc(CN)ccc1S(=O)(=O)N1CCSCC1. The van der Waals surface area contributed by atoms with Gasteiger partial charge in [-0.3, -0.25) is 0 Å². The Morgan fingerprint density at radius 1 is 1.37 bits per heavy atom. The maximum absolute atomic E-state index is 12.6. The van der Waals surface area contributed by atoms with Gasteiger partial charge in [0.1, 0.15) is 10.6 Å². The van der Waals surface area contributed by atoms with Gasteiger partial charge in [0.05, 0.1) is 7.11 Å². The minimum Gasteiger partial charge on any atom is -0.495 e. The molecule has 0 atom stereocenters. The molecule has 19 heavy (non-hydrogen) atoms. The molecule has 0 spiro atoms. The van der Waals surface area contributed by atoms with E-state index in [0.717, 1.165) is 17.1 Å². The molecule has 1 heterocycles. The molecule has 0 bridgehead atoms. The number of sulfonamides is 1. The van der Waals surface area contributed by atoms with Crippen molar-refractivity contribution in [2.75, 3.05) is 31.7 Å². The van der Waals surface area contributed by atoms with Crippen molar-refractivity contribution in [3.63, 3.8) is 0 Å². The molecular formula is C12H18N2O3S2. The van der Waals surface area contributed by atoms with Crippen molar-refractivity contribution in [3.8, 4) is 5.75 Å². The first-order chi connectivity index (χ1) is 9.09. The lowest BCUT2D eigenvalue weighted by atomic mass is 10.2. The van der Waals surface area contributed by atoms with E-state index in [2.05, 4.69) is 0 Å². The van der Waals surface area contributed by atoms with E-state index >= 15 is 0 Å². The third kappa shape index (κ3) is 3.05. The van der Waals surface area contributed by atoms with Gasteiger partial charge in [0.2, 0.25) is 10.0 Å². The van der Waals surface area contributed by atoms with Gasteiger partial charge in [-0.15, -0.1) is 0 Å². The Balaban J connectivity index is 2.39. The Kier molecular flexibility index (Phi) is 4.72. The highest BCUT2D eigenvalue weighted by atomic mass is 32.2. The lowest BCUT2D eigenvalue weighted by Gasteiger charge is -2.26. The molecule has 5 nitrogen and oxygen atoms in total. The van der Waals surface area contributed by atoms with E-state index < -0.39 is 10.0 Å². The number of methoxy groups -OCH3 is 1. The number of benzene rings is 1. The fourth-order valence-corrected chi connectivity index (χ4v) is 4.69. The van der Waals surface area contributed by atoms with Gasteiger partial charge < -0.3 is 10.5 Å². The van der Waals surface area contributed by atoms with Crippen LogP contribution >= 0.6 is 11.8 Å². The number of rotatable bonds is 4. The first kappa shape index (κ1) is 14.6. The smallest absolute Gasteiger partial charge is 0.246 e. The van der Waals surface area contributed by atoms with Gasteiger partial charge in [0.25, 0.3) is 0 Å². The maximum Gasteiger partial charge on any atom is 0.246 e. The average Bonchev–Trinajstić information content (AvgIpc) is 2.47. The van der Waals surface area contributed by atoms with Crippen LogP contribution in [-0.4, -0.2) is 44.4 Å². The van der Waals surface area contributed by atoms with Gasteiger partial charge in [-0.25, -0.2) is 8.42 Å². The monoisotopic (exact) mass is 302 g/mol. The number of hydrogen-bond donors (Lipinski definition) is 1. The van der Waals surface area contributed by atoms with Crippen molar-refractivity contribution in [2.24, 2.45) is 5.73 Å². The molecule has 2 rings (SSSR count). The third-order valence-electron chi connectivity index (χ3n) is 3.05. The number of thioether (sulfide) groups is 1. The molecule has 0 aliphatic carbocycles. The van der Waals surface area contributed by atoms with E-state index in [-0.39, 0.29) is 4.90 Å². The van der Waals surface area contributed by atoms with Gasteiger partial charge >= 0.3 is 0 Å². The molecule has 1 fully saturated rings. The molecule has 0 aromatic heterocycles. The highest BCUT2D eigenvalue weighted by Crippen LogP contribution is 2.29. The fourth-order valence-electron chi connectivity index (χ4n) is 1.98. The van der Waals surface area contributed by atoms with E-state index in [0.29, 0.717) is 25.4 Å². The van der Waals surface area contributed by atoms with Crippen LogP contribution in [0.15, 0.2) is 23.1 Å². The predicted octanol–water partition coefficient (Wildman–Crippen LogP) is 0.891. The summed E-state index contributed by atoms with van der Waals surface area (Å²) < 4.78 is 31.9. The van der Waals surface area contributed by atoms with Gasteiger partial charge in [-0.1, -0.05) is 6.07 Å². The normalized spacial score (nSPS) is 17.4. The summed E-state index contributed by atoms with van der Waals surface area (Å²) in [6.07, 6.45) is 0. The Hall–Kier alpha value is -0.760. The van der Waals surface area contributed by atoms with Crippen LogP contribution < -0.4 is 10.5 Å². The van der Waals surface area contributed by atoms with Gasteiger partial charge in [-0.2, -0.15) is 16.1 Å². The molecule has 1 aromatic rings. The summed E-state index contributed by atoms with van der Waals surface area (Å²) in [6.45, 7) is 1.46. The second-order valence-electron chi connectivity index (χ2n) is 4.21. The average molecular weight is 302 g/mol. The van der Waals surface area contributed by atoms with Crippen LogP contribution in [0.1, 0.15) is 5.56 Å². The summed E-state index contributed by atoms with van der Waals surface area (Å²) >= 11 is 1.77. The molecule has 1 aromatic carbocycles. The summed E-state index contributed by atoms with van der Waals surface area (Å²) in [6, 6.07) is 5.00. The predicted molar refractivity (Wildman–Crippen MR) is 77.0 cm³/mol. The summed E-state index contributed by atoms with van der Waals surface area (Å²) in [7, 11) is -2.00. The van der Waals surface area contributed by atoms with E-state index in [9.17, 15) is 8.42 Å². The maximum atomic E-state index is 12.6. The summed E-state index contributed by atoms with van der Waals surface area (Å²) in [5.41, 5.74) is 6.41. The Labute approximate surface area is 118 Å². The van der Waals surface area contributed by atoms with E-state index in [1.165, 1.54) is 11.4 Å². The van der Waals surface area contributed by atoms with Crippen molar-refractivity contribution in [2.45, 2.75) is 11.4 Å². The zero-order valence-corrected chi connectivity index (χ0v) is 12.5. The molecule has 0 saturated carbocycles. The van der Waals surface area contributed by atoms with Crippen LogP contribution in [0.25, 0.3) is 0 Å². The highest BCUT2D eigenvalue weighted by molar-refractivity contribution is 7.99. The second-order valence-corrected chi connectivity index (χ2v) is 7.34. The molecule has 2 N–H and O–H groups in total. The zero-order chi connectivity index (χ0) is 13.9. The summed E-state index contributed by atoms with van der Waals surface area (Å²) in [5, 5.41) is 0. The molecule has 1 saturated heterocycles. The van der Waals surface area contributed by atoms with Crippen LogP contribution in [-0.2, 0) is 16.6 Å². The number of ether oxygens (including phenoxy) is 1. The highest BCUT2D eigenvalue weighted by Gasteiger charge is 2.28. The summed E-state index contributed by atoms with van der Waals surface area (Å²) in [5.74, 6) is 2.03. The molecule has 0 unspecified atom stereocenters. The van der Waals surface area contributed by atoms with Crippen LogP contribution in [0, 0.1) is 0 Å². The van der Waals surface area contributed by atoms with Crippen molar-refractivity contribution in [3.05, 3.63) is 23.8 Å². The Morgan fingerprint density at radius 2 is 2.05 bits per heavy atom.